The van der Waals surface area contributed by atoms with Crippen molar-refractivity contribution < 1.29 is 27.3 Å². The number of unbranched alkanes of at least 4 members (excludes halogenated alkanes) is 1. The molecule has 0 heterocycles. The quantitative estimate of drug-likeness (QED) is 0.261. The van der Waals surface area contributed by atoms with Gasteiger partial charge in [-0.1, -0.05) is 80.8 Å². The van der Waals surface area contributed by atoms with Crippen LogP contribution in [0.25, 0.3) is 11.1 Å². The number of benzene rings is 2. The molecular weight excluding hydrogens is 411 g/mol. The fraction of sp³-hybridized carbons (Fsp3) is 0.429. The summed E-state index contributed by atoms with van der Waals surface area (Å²) in [6.07, 6.45) is 3.50. The average molecular weight is 440 g/mol. The second kappa shape index (κ2) is 10.5. The summed E-state index contributed by atoms with van der Waals surface area (Å²) >= 11 is 0. The van der Waals surface area contributed by atoms with Gasteiger partial charge in [0.15, 0.2) is 4.99 Å². The van der Waals surface area contributed by atoms with Gasteiger partial charge in [-0.05, 0) is 41.9 Å². The first-order valence-corrected chi connectivity index (χ1v) is 12.9. The van der Waals surface area contributed by atoms with Gasteiger partial charge < -0.3 is 9.79 Å². The van der Waals surface area contributed by atoms with E-state index in [0.29, 0.717) is 18.8 Å². The molecule has 0 saturated heterocycles. The molecule has 0 aliphatic carbocycles. The van der Waals surface area contributed by atoms with Crippen molar-refractivity contribution >= 4 is 17.7 Å². The van der Waals surface area contributed by atoms with E-state index in [1.807, 2.05) is 18.2 Å². The van der Waals surface area contributed by atoms with Crippen LogP contribution in [0, 0.1) is 5.92 Å². The Kier molecular flexibility index (Phi) is 8.61. The highest BCUT2D eigenvalue weighted by atomic mass is 32.2. The molecule has 0 aliphatic rings. The van der Waals surface area contributed by atoms with Crippen molar-refractivity contribution in [3.8, 4) is 11.1 Å². The minimum Gasteiger partial charge on any atom is -0.323 e. The van der Waals surface area contributed by atoms with Gasteiger partial charge in [-0.2, -0.15) is 8.42 Å². The Morgan fingerprint density at radius 3 is 1.97 bits per heavy atom. The van der Waals surface area contributed by atoms with E-state index in [9.17, 15) is 13.0 Å². The zero-order valence-electron chi connectivity index (χ0n) is 16.5. The average Bonchev–Trinajstić information content (AvgIpc) is 2.65. The zero-order valence-corrected chi connectivity index (χ0v) is 18.2. The maximum Gasteiger partial charge on any atom is 0.346 e. The van der Waals surface area contributed by atoms with Crippen molar-refractivity contribution in [2.75, 3.05) is 0 Å². The maximum absolute atomic E-state index is 11.2. The van der Waals surface area contributed by atoms with Gasteiger partial charge in [0.25, 0.3) is 10.1 Å². The monoisotopic (exact) mass is 440 g/mol. The summed E-state index contributed by atoms with van der Waals surface area (Å²) < 4.78 is 42.5. The summed E-state index contributed by atoms with van der Waals surface area (Å²) in [6.45, 7) is 2.11. The Morgan fingerprint density at radius 2 is 1.41 bits per heavy atom. The highest BCUT2D eigenvalue weighted by molar-refractivity contribution is 7.93. The highest BCUT2D eigenvalue weighted by Gasteiger charge is 2.38. The molecule has 0 fully saturated rings. The van der Waals surface area contributed by atoms with Crippen LogP contribution < -0.4 is 0 Å². The molecule has 0 aliphatic heterocycles. The van der Waals surface area contributed by atoms with Crippen LogP contribution in [0.4, 0.5) is 0 Å². The van der Waals surface area contributed by atoms with Crippen molar-refractivity contribution in [1.29, 1.82) is 0 Å². The largest absolute Gasteiger partial charge is 0.346 e. The summed E-state index contributed by atoms with van der Waals surface area (Å²) in [5, 5.41) is 0. The SMILES string of the molecule is CC(CCCCC(P(=O)(O)O)S(=O)(=O)O)CCc1ccc(-c2ccccc2)cc1. The molecule has 2 unspecified atom stereocenters. The first-order chi connectivity index (χ1) is 13.6. The van der Waals surface area contributed by atoms with Crippen LogP contribution in [-0.4, -0.2) is 27.7 Å². The third kappa shape index (κ3) is 8.03. The van der Waals surface area contributed by atoms with Crippen LogP contribution in [0.3, 0.4) is 0 Å². The molecule has 0 spiro atoms. The lowest BCUT2D eigenvalue weighted by Crippen LogP contribution is -2.20. The lowest BCUT2D eigenvalue weighted by Gasteiger charge is -2.16. The van der Waals surface area contributed by atoms with Gasteiger partial charge in [-0.3, -0.25) is 9.12 Å². The number of hydrogen-bond acceptors (Lipinski definition) is 3. The second-order valence-corrected chi connectivity index (χ2v) is 11.3. The Morgan fingerprint density at radius 1 is 0.862 bits per heavy atom. The number of aryl methyl sites for hydroxylation is 1. The molecule has 2 atom stereocenters. The van der Waals surface area contributed by atoms with Gasteiger partial charge in [0.1, 0.15) is 0 Å². The Bertz CT molecular complexity index is 906. The van der Waals surface area contributed by atoms with Crippen LogP contribution in [0.5, 0.6) is 0 Å². The van der Waals surface area contributed by atoms with Gasteiger partial charge in [0.05, 0.1) is 0 Å². The van der Waals surface area contributed by atoms with E-state index in [0.717, 1.165) is 19.3 Å². The lowest BCUT2D eigenvalue weighted by molar-refractivity contribution is 0.358. The zero-order chi connectivity index (χ0) is 21.5. The molecule has 8 heteroatoms. The normalized spacial score (nSPS) is 14.5. The minimum absolute atomic E-state index is 0.239. The molecule has 2 rings (SSSR count). The fourth-order valence-electron chi connectivity index (χ4n) is 3.35. The Balaban J connectivity index is 1.74. The van der Waals surface area contributed by atoms with E-state index >= 15 is 0 Å². The van der Waals surface area contributed by atoms with E-state index in [2.05, 4.69) is 43.3 Å². The second-order valence-electron chi connectivity index (χ2n) is 7.55. The molecule has 160 valence electrons. The molecule has 2 aromatic carbocycles. The third-order valence-electron chi connectivity index (χ3n) is 5.10. The van der Waals surface area contributed by atoms with E-state index in [1.54, 1.807) is 0 Å². The predicted molar refractivity (Wildman–Crippen MR) is 115 cm³/mol. The molecular formula is C21H29O6PS. The van der Waals surface area contributed by atoms with Crippen molar-refractivity contribution in [1.82, 2.24) is 0 Å². The molecule has 0 radical (unpaired) electrons. The first kappa shape index (κ1) is 23.8. The van der Waals surface area contributed by atoms with E-state index in [4.69, 9.17) is 14.3 Å². The van der Waals surface area contributed by atoms with Crippen molar-refractivity contribution in [3.05, 3.63) is 60.2 Å². The Hall–Kier alpha value is -1.50. The lowest BCUT2D eigenvalue weighted by atomic mass is 9.95. The predicted octanol–water partition coefficient (Wildman–Crippen LogP) is 4.87. The molecule has 0 aromatic heterocycles. The highest BCUT2D eigenvalue weighted by Crippen LogP contribution is 2.46. The maximum atomic E-state index is 11.2. The summed E-state index contributed by atoms with van der Waals surface area (Å²) in [4.78, 5) is 16.2. The van der Waals surface area contributed by atoms with E-state index in [-0.39, 0.29) is 6.42 Å². The van der Waals surface area contributed by atoms with E-state index in [1.165, 1.54) is 16.7 Å². The minimum atomic E-state index is -4.88. The smallest absolute Gasteiger partial charge is 0.323 e. The van der Waals surface area contributed by atoms with Crippen molar-refractivity contribution in [2.45, 2.75) is 50.4 Å². The molecule has 0 saturated carbocycles. The van der Waals surface area contributed by atoms with Crippen LogP contribution in [0.15, 0.2) is 54.6 Å². The van der Waals surface area contributed by atoms with Crippen LogP contribution >= 0.6 is 7.60 Å². The molecule has 29 heavy (non-hydrogen) atoms. The van der Waals surface area contributed by atoms with Crippen molar-refractivity contribution in [2.24, 2.45) is 5.92 Å². The standard InChI is InChI=1S/C21H29O6PS/c1-17(7-5-6-10-21(28(22,23)24)29(25,26)27)11-12-18-13-15-20(16-14-18)19-8-3-2-4-9-19/h2-4,8-9,13-17,21H,5-7,10-12H2,1H3,(H2,22,23,24)(H,25,26,27). The topological polar surface area (TPSA) is 112 Å². The first-order valence-electron chi connectivity index (χ1n) is 9.73. The summed E-state index contributed by atoms with van der Waals surface area (Å²) in [5.41, 5.74) is 3.62. The Labute approximate surface area is 172 Å². The van der Waals surface area contributed by atoms with E-state index < -0.39 is 22.7 Å². The molecule has 0 bridgehead atoms. The van der Waals surface area contributed by atoms with Crippen LogP contribution in [0.1, 0.15) is 44.6 Å². The summed E-state index contributed by atoms with van der Waals surface area (Å²) in [6, 6.07) is 18.7. The van der Waals surface area contributed by atoms with Gasteiger partial charge in [-0.25, -0.2) is 0 Å². The molecule has 0 amide bonds. The number of hydrogen-bond donors (Lipinski definition) is 3. The van der Waals surface area contributed by atoms with Gasteiger partial charge in [0, 0.05) is 0 Å². The fourth-order valence-corrected chi connectivity index (χ4v) is 5.73. The molecule has 3 N–H and O–H groups in total. The van der Waals surface area contributed by atoms with Crippen LogP contribution in [-0.2, 0) is 21.1 Å². The van der Waals surface area contributed by atoms with Gasteiger partial charge >= 0.3 is 7.60 Å². The molecule has 2 aromatic rings. The number of rotatable bonds is 11. The van der Waals surface area contributed by atoms with Crippen LogP contribution in [0.2, 0.25) is 0 Å². The van der Waals surface area contributed by atoms with Gasteiger partial charge in [-0.15, -0.1) is 0 Å². The molecule has 6 nitrogen and oxygen atoms in total. The van der Waals surface area contributed by atoms with Crippen molar-refractivity contribution in [3.63, 3.8) is 0 Å². The van der Waals surface area contributed by atoms with Gasteiger partial charge in [0.2, 0.25) is 0 Å². The summed E-state index contributed by atoms with van der Waals surface area (Å²) in [7, 11) is -9.63. The summed E-state index contributed by atoms with van der Waals surface area (Å²) in [5.74, 6) is 0.406. The third-order valence-corrected chi connectivity index (χ3v) is 8.66.